The molecule has 6 heteroatoms. The molecule has 3 rings (SSSR count). The summed E-state index contributed by atoms with van der Waals surface area (Å²) >= 11 is 1.59. The fourth-order valence-corrected chi connectivity index (χ4v) is 3.69. The van der Waals surface area contributed by atoms with Crippen LogP contribution in [-0.2, 0) is 5.75 Å². The van der Waals surface area contributed by atoms with E-state index in [1.807, 2.05) is 24.3 Å². The van der Waals surface area contributed by atoms with E-state index in [1.54, 1.807) is 11.8 Å². The molecule has 2 N–H and O–H groups in total. The van der Waals surface area contributed by atoms with Crippen LogP contribution in [0.2, 0.25) is 0 Å². The van der Waals surface area contributed by atoms with Crippen LogP contribution in [0.15, 0.2) is 35.7 Å². The monoisotopic (exact) mass is 330 g/mol. The van der Waals surface area contributed by atoms with Crippen molar-refractivity contribution in [3.05, 3.63) is 41.7 Å². The van der Waals surface area contributed by atoms with E-state index < -0.39 is 0 Å². The zero-order valence-electron chi connectivity index (χ0n) is 13.3. The van der Waals surface area contributed by atoms with Crippen molar-refractivity contribution in [2.24, 2.45) is 5.92 Å². The molecule has 5 nitrogen and oxygen atoms in total. The third kappa shape index (κ3) is 4.34. The average Bonchev–Trinajstić information content (AvgIpc) is 3.09. The summed E-state index contributed by atoms with van der Waals surface area (Å²) in [6.07, 6.45) is 6.31. The van der Waals surface area contributed by atoms with Crippen LogP contribution in [-0.4, -0.2) is 27.1 Å². The van der Waals surface area contributed by atoms with Gasteiger partial charge in [0.2, 0.25) is 0 Å². The molecule has 2 aromatic rings. The van der Waals surface area contributed by atoms with Gasteiger partial charge in [0, 0.05) is 17.4 Å². The Hall–Kier alpha value is -1.82. The summed E-state index contributed by atoms with van der Waals surface area (Å²) < 4.78 is 0. The van der Waals surface area contributed by atoms with Crippen molar-refractivity contribution in [3.8, 4) is 0 Å². The molecule has 1 fully saturated rings. The van der Waals surface area contributed by atoms with E-state index >= 15 is 0 Å². The highest BCUT2D eigenvalue weighted by Crippen LogP contribution is 2.24. The van der Waals surface area contributed by atoms with E-state index in [0.717, 1.165) is 28.5 Å². The second-order valence-electron chi connectivity index (χ2n) is 6.12. The minimum Gasteiger partial charge on any atom is -0.349 e. The number of H-pyrrole nitrogens is 1. The SMILES string of the molecule is CC1CCCCC1NC(=O)c1ccc(CSc2ncn[nH]2)cc1. The van der Waals surface area contributed by atoms with Gasteiger partial charge >= 0.3 is 0 Å². The van der Waals surface area contributed by atoms with Gasteiger partial charge in [-0.05, 0) is 36.5 Å². The molecule has 0 radical (unpaired) electrons. The number of carbonyl (C=O) groups is 1. The first-order valence-electron chi connectivity index (χ1n) is 8.10. The lowest BCUT2D eigenvalue weighted by Crippen LogP contribution is -2.41. The number of nitrogens with zero attached hydrogens (tertiary/aromatic N) is 2. The first-order valence-corrected chi connectivity index (χ1v) is 9.09. The molecule has 1 saturated carbocycles. The smallest absolute Gasteiger partial charge is 0.251 e. The first-order chi connectivity index (χ1) is 11.2. The maximum absolute atomic E-state index is 12.4. The van der Waals surface area contributed by atoms with E-state index in [1.165, 1.54) is 25.6 Å². The molecule has 2 atom stereocenters. The lowest BCUT2D eigenvalue weighted by Gasteiger charge is -2.29. The topological polar surface area (TPSA) is 70.7 Å². The first kappa shape index (κ1) is 16.1. The zero-order valence-corrected chi connectivity index (χ0v) is 14.1. The number of carbonyl (C=O) groups excluding carboxylic acids is 1. The number of benzene rings is 1. The van der Waals surface area contributed by atoms with Gasteiger partial charge in [-0.3, -0.25) is 9.89 Å². The van der Waals surface area contributed by atoms with Gasteiger partial charge in [-0.15, -0.1) is 0 Å². The Morgan fingerprint density at radius 1 is 1.30 bits per heavy atom. The van der Waals surface area contributed by atoms with Gasteiger partial charge in [-0.1, -0.05) is 43.7 Å². The van der Waals surface area contributed by atoms with Crippen LogP contribution in [0.25, 0.3) is 0 Å². The van der Waals surface area contributed by atoms with Crippen molar-refractivity contribution in [1.29, 1.82) is 0 Å². The summed E-state index contributed by atoms with van der Waals surface area (Å²) in [6, 6.07) is 8.13. The second kappa shape index (κ2) is 7.64. The van der Waals surface area contributed by atoms with Crippen molar-refractivity contribution < 1.29 is 4.79 Å². The molecule has 1 heterocycles. The predicted molar refractivity (Wildman–Crippen MR) is 91.3 cm³/mol. The third-order valence-corrected chi connectivity index (χ3v) is 5.36. The van der Waals surface area contributed by atoms with Crippen LogP contribution in [0.4, 0.5) is 0 Å². The summed E-state index contributed by atoms with van der Waals surface area (Å²) in [6.45, 7) is 2.23. The van der Waals surface area contributed by atoms with Gasteiger partial charge in [-0.25, -0.2) is 4.98 Å². The van der Waals surface area contributed by atoms with Crippen molar-refractivity contribution in [3.63, 3.8) is 0 Å². The number of amides is 1. The molecular weight excluding hydrogens is 308 g/mol. The Morgan fingerprint density at radius 2 is 2.09 bits per heavy atom. The van der Waals surface area contributed by atoms with Crippen molar-refractivity contribution in [1.82, 2.24) is 20.5 Å². The largest absolute Gasteiger partial charge is 0.349 e. The molecule has 0 bridgehead atoms. The minimum absolute atomic E-state index is 0.0400. The Morgan fingerprint density at radius 3 is 2.78 bits per heavy atom. The number of aromatic amines is 1. The average molecular weight is 330 g/mol. The lowest BCUT2D eigenvalue weighted by molar-refractivity contribution is 0.0910. The van der Waals surface area contributed by atoms with Crippen LogP contribution in [0.1, 0.15) is 48.5 Å². The molecular formula is C17H22N4OS. The van der Waals surface area contributed by atoms with Gasteiger partial charge in [0.1, 0.15) is 6.33 Å². The Kier molecular flexibility index (Phi) is 5.33. The van der Waals surface area contributed by atoms with Crippen LogP contribution >= 0.6 is 11.8 Å². The molecule has 1 aromatic heterocycles. The summed E-state index contributed by atoms with van der Waals surface area (Å²) in [5.74, 6) is 1.42. The van der Waals surface area contributed by atoms with Crippen molar-refractivity contribution in [2.45, 2.75) is 49.6 Å². The molecule has 0 spiro atoms. The molecule has 1 aliphatic carbocycles. The van der Waals surface area contributed by atoms with Gasteiger partial charge < -0.3 is 5.32 Å². The highest BCUT2D eigenvalue weighted by atomic mass is 32.2. The van der Waals surface area contributed by atoms with E-state index in [0.29, 0.717) is 12.0 Å². The molecule has 23 heavy (non-hydrogen) atoms. The van der Waals surface area contributed by atoms with E-state index in [2.05, 4.69) is 27.4 Å². The predicted octanol–water partition coefficient (Wildman–Crippen LogP) is 3.41. The Balaban J connectivity index is 1.54. The van der Waals surface area contributed by atoms with E-state index in [9.17, 15) is 4.79 Å². The quantitative estimate of drug-likeness (QED) is 0.824. The molecule has 0 aliphatic heterocycles. The van der Waals surface area contributed by atoms with E-state index in [-0.39, 0.29) is 5.91 Å². The van der Waals surface area contributed by atoms with Crippen LogP contribution in [0.5, 0.6) is 0 Å². The fraction of sp³-hybridized carbons (Fsp3) is 0.471. The maximum Gasteiger partial charge on any atom is 0.251 e. The maximum atomic E-state index is 12.4. The number of hydrogen-bond acceptors (Lipinski definition) is 4. The van der Waals surface area contributed by atoms with Crippen molar-refractivity contribution >= 4 is 17.7 Å². The molecule has 1 aliphatic rings. The number of thioether (sulfide) groups is 1. The molecule has 122 valence electrons. The highest BCUT2D eigenvalue weighted by molar-refractivity contribution is 7.98. The number of rotatable bonds is 5. The van der Waals surface area contributed by atoms with Crippen molar-refractivity contribution in [2.75, 3.05) is 0 Å². The van der Waals surface area contributed by atoms with Gasteiger partial charge in [-0.2, -0.15) is 5.10 Å². The second-order valence-corrected chi connectivity index (χ2v) is 7.08. The molecule has 1 amide bonds. The van der Waals surface area contributed by atoms with Crippen LogP contribution < -0.4 is 5.32 Å². The van der Waals surface area contributed by atoms with Gasteiger partial charge in [0.15, 0.2) is 5.16 Å². The minimum atomic E-state index is 0.0400. The normalized spacial score (nSPS) is 21.1. The Labute approximate surface area is 140 Å². The summed E-state index contributed by atoms with van der Waals surface area (Å²) in [4.78, 5) is 16.5. The number of hydrogen-bond donors (Lipinski definition) is 2. The van der Waals surface area contributed by atoms with Gasteiger partial charge in [0.25, 0.3) is 5.91 Å². The molecule has 1 aromatic carbocycles. The van der Waals surface area contributed by atoms with E-state index in [4.69, 9.17) is 0 Å². The fourth-order valence-electron chi connectivity index (χ4n) is 2.95. The third-order valence-electron chi connectivity index (χ3n) is 4.41. The summed E-state index contributed by atoms with van der Waals surface area (Å²) in [5, 5.41) is 10.6. The number of nitrogens with one attached hydrogen (secondary N) is 2. The van der Waals surface area contributed by atoms with Gasteiger partial charge in [0.05, 0.1) is 0 Å². The van der Waals surface area contributed by atoms with Crippen LogP contribution in [0, 0.1) is 5.92 Å². The lowest BCUT2D eigenvalue weighted by atomic mass is 9.86. The Bertz CT molecular complexity index is 627. The highest BCUT2D eigenvalue weighted by Gasteiger charge is 2.23. The summed E-state index contributed by atoms with van der Waals surface area (Å²) in [5.41, 5.74) is 1.89. The molecule has 2 unspecified atom stereocenters. The summed E-state index contributed by atoms with van der Waals surface area (Å²) in [7, 11) is 0. The molecule has 0 saturated heterocycles. The standard InChI is InChI=1S/C17H22N4OS/c1-12-4-2-3-5-15(12)20-16(22)14-8-6-13(7-9-14)10-23-17-18-11-19-21-17/h6-9,11-12,15H,2-5,10H2,1H3,(H,20,22)(H,18,19,21). The van der Waals surface area contributed by atoms with Crippen LogP contribution in [0.3, 0.4) is 0 Å². The number of aromatic nitrogens is 3. The zero-order chi connectivity index (χ0) is 16.1.